The van der Waals surface area contributed by atoms with Gasteiger partial charge in [0.2, 0.25) is 0 Å². The average Bonchev–Trinajstić information content (AvgIpc) is 3.00. The Kier molecular flexibility index (Phi) is 9.71. The van der Waals surface area contributed by atoms with Gasteiger partial charge in [0.25, 0.3) is 0 Å². The van der Waals surface area contributed by atoms with Crippen LogP contribution < -0.4 is 0 Å². The first-order valence-electron chi connectivity index (χ1n) is 9.47. The molecule has 0 unspecified atom stereocenters. The summed E-state index contributed by atoms with van der Waals surface area (Å²) in [6.07, 6.45) is 2.13. The van der Waals surface area contributed by atoms with E-state index >= 15 is 0 Å². The van der Waals surface area contributed by atoms with Gasteiger partial charge in [-0.3, -0.25) is 0 Å². The fraction of sp³-hybridized carbons (Fsp3) is 0.435. The van der Waals surface area contributed by atoms with Gasteiger partial charge in [-0.05, 0) is 75.8 Å². The minimum absolute atomic E-state index is 0.178. The van der Waals surface area contributed by atoms with Crippen LogP contribution in [0.3, 0.4) is 0 Å². The van der Waals surface area contributed by atoms with Gasteiger partial charge in [0, 0.05) is 0 Å². The van der Waals surface area contributed by atoms with Crippen molar-refractivity contribution < 1.29 is 9.13 Å². The van der Waals surface area contributed by atoms with Gasteiger partial charge >= 0.3 is 0 Å². The van der Waals surface area contributed by atoms with Gasteiger partial charge in [-0.25, -0.2) is 4.39 Å². The normalized spacial score (nSPS) is 17.1. The second-order valence-corrected chi connectivity index (χ2v) is 6.71. The number of fused-ring (bicyclic) bond motifs is 1. The van der Waals surface area contributed by atoms with Crippen LogP contribution in [0.2, 0.25) is 0 Å². The molecule has 1 atom stereocenters. The predicted octanol–water partition coefficient (Wildman–Crippen LogP) is 5.50. The van der Waals surface area contributed by atoms with Crippen LogP contribution in [0.15, 0.2) is 48.5 Å². The van der Waals surface area contributed by atoms with Crippen LogP contribution >= 0.6 is 0 Å². The third kappa shape index (κ3) is 7.13. The maximum Gasteiger partial charge on any atom is 0.123 e. The summed E-state index contributed by atoms with van der Waals surface area (Å²) in [7, 11) is 4.18. The van der Waals surface area contributed by atoms with Crippen molar-refractivity contribution in [3.8, 4) is 6.07 Å². The maximum atomic E-state index is 11.9. The lowest BCUT2D eigenvalue weighted by Crippen LogP contribution is -2.23. The number of benzene rings is 2. The van der Waals surface area contributed by atoms with E-state index in [-0.39, 0.29) is 11.4 Å². The van der Waals surface area contributed by atoms with E-state index in [1.165, 1.54) is 23.3 Å². The van der Waals surface area contributed by atoms with Gasteiger partial charge in [-0.1, -0.05) is 38.1 Å². The van der Waals surface area contributed by atoms with Crippen molar-refractivity contribution in [2.45, 2.75) is 45.8 Å². The Bertz CT molecular complexity index is 725. The van der Waals surface area contributed by atoms with Crippen LogP contribution in [-0.4, -0.2) is 25.5 Å². The molecule has 0 radical (unpaired) electrons. The van der Waals surface area contributed by atoms with Crippen LogP contribution in [0.4, 0.5) is 4.39 Å². The number of ether oxygens (including phenoxy) is 1. The Labute approximate surface area is 163 Å². The average molecular weight is 371 g/mol. The number of nitrogens with zero attached hydrogens (tertiary/aromatic N) is 2. The molecule has 0 saturated carbocycles. The summed E-state index contributed by atoms with van der Waals surface area (Å²) in [6.45, 7) is 7.86. The molecule has 0 fully saturated rings. The smallest absolute Gasteiger partial charge is 0.123 e. The fourth-order valence-electron chi connectivity index (χ4n) is 2.97. The zero-order valence-electron chi connectivity index (χ0n) is 17.1. The Morgan fingerprint density at radius 2 is 1.81 bits per heavy atom. The van der Waals surface area contributed by atoms with E-state index in [1.807, 2.05) is 26.0 Å². The Morgan fingerprint density at radius 1 is 1.15 bits per heavy atom. The van der Waals surface area contributed by atoms with E-state index in [2.05, 4.69) is 38.1 Å². The third-order valence-corrected chi connectivity index (χ3v) is 4.34. The number of nitriles is 1. The summed E-state index contributed by atoms with van der Waals surface area (Å²) in [5.74, 6) is -0.178. The van der Waals surface area contributed by atoms with E-state index in [0.717, 1.165) is 24.9 Å². The number of hydrogen-bond acceptors (Lipinski definition) is 3. The number of hydrogen-bond donors (Lipinski definition) is 0. The summed E-state index contributed by atoms with van der Waals surface area (Å²) < 4.78 is 17.9. The highest BCUT2D eigenvalue weighted by molar-refractivity contribution is 5.42. The van der Waals surface area contributed by atoms with Crippen molar-refractivity contribution in [1.29, 1.82) is 5.26 Å². The van der Waals surface area contributed by atoms with Gasteiger partial charge in [-0.15, -0.1) is 0 Å². The van der Waals surface area contributed by atoms with Crippen molar-refractivity contribution in [3.05, 3.63) is 71.0 Å². The van der Waals surface area contributed by atoms with Gasteiger partial charge in [0.1, 0.15) is 5.82 Å². The minimum Gasteiger partial charge on any atom is -0.366 e. The molecule has 1 aliphatic heterocycles. The van der Waals surface area contributed by atoms with Crippen LogP contribution in [0.25, 0.3) is 0 Å². The monoisotopic (exact) mass is 370 g/mol. The molecule has 0 saturated heterocycles. The zero-order valence-corrected chi connectivity index (χ0v) is 17.1. The molecule has 0 aliphatic carbocycles. The lowest BCUT2D eigenvalue weighted by Gasteiger charge is -2.25. The first-order valence-corrected chi connectivity index (χ1v) is 9.47. The zero-order chi connectivity index (χ0) is 20.3. The topological polar surface area (TPSA) is 36.3 Å². The molecule has 3 rings (SSSR count). The van der Waals surface area contributed by atoms with E-state index in [9.17, 15) is 4.39 Å². The second-order valence-electron chi connectivity index (χ2n) is 6.71. The van der Waals surface area contributed by atoms with Gasteiger partial charge in [-0.2, -0.15) is 5.26 Å². The highest BCUT2D eigenvalue weighted by Gasteiger charge is 2.34. The van der Waals surface area contributed by atoms with Gasteiger partial charge < -0.3 is 9.64 Å². The highest BCUT2D eigenvalue weighted by atomic mass is 19.1. The van der Waals surface area contributed by atoms with E-state index in [1.54, 1.807) is 18.2 Å². The summed E-state index contributed by atoms with van der Waals surface area (Å²) in [4.78, 5) is 2.19. The van der Waals surface area contributed by atoms with Crippen molar-refractivity contribution >= 4 is 0 Å². The van der Waals surface area contributed by atoms with E-state index in [0.29, 0.717) is 6.61 Å². The minimum atomic E-state index is -0.181. The molecule has 1 heterocycles. The van der Waals surface area contributed by atoms with Crippen LogP contribution in [0.1, 0.15) is 50.3 Å². The molecule has 3 nitrogen and oxygen atoms in total. The van der Waals surface area contributed by atoms with Crippen molar-refractivity contribution in [1.82, 2.24) is 4.90 Å². The molecule has 146 valence electrons. The molecule has 0 spiro atoms. The molecule has 2 aromatic carbocycles. The number of halogens is 1. The van der Waals surface area contributed by atoms with Crippen LogP contribution in [0.5, 0.6) is 0 Å². The van der Waals surface area contributed by atoms with Crippen LogP contribution in [0, 0.1) is 17.1 Å². The van der Waals surface area contributed by atoms with Crippen molar-refractivity contribution in [2.24, 2.45) is 0 Å². The lowest BCUT2D eigenvalue weighted by atomic mass is 9.89. The second kappa shape index (κ2) is 11.5. The summed E-state index contributed by atoms with van der Waals surface area (Å²) >= 11 is 0. The first kappa shape index (κ1) is 22.8. The summed E-state index contributed by atoms with van der Waals surface area (Å²) in [5.41, 5.74) is 2.95. The van der Waals surface area contributed by atoms with E-state index < -0.39 is 0 Å². The maximum absolute atomic E-state index is 11.9. The SMILES string of the molecule is CC.CN(C)CCC[C@@]1(C)OCc2cc(C#N)ccc21.Fc1ccccc1. The molecule has 4 heteroatoms. The first-order chi connectivity index (χ1) is 12.9. The molecular weight excluding hydrogens is 339 g/mol. The standard InChI is InChI=1S/C15H20N2O.C6H5F.C2H6/c1-15(7-4-8-17(2)3)14-6-5-12(10-16)9-13(14)11-18-15;7-6-4-2-1-3-5-6;1-2/h5-6,9H,4,7-8,11H2,1-3H3;1-5H;1-2H3/t15-;;/m1../s1. The molecule has 2 aromatic rings. The third-order valence-electron chi connectivity index (χ3n) is 4.34. The van der Waals surface area contributed by atoms with Gasteiger partial charge in [0.05, 0.1) is 23.8 Å². The molecular formula is C23H31FN2O. The molecule has 0 N–H and O–H groups in total. The van der Waals surface area contributed by atoms with E-state index in [4.69, 9.17) is 10.00 Å². The largest absolute Gasteiger partial charge is 0.366 e. The number of rotatable bonds is 4. The fourth-order valence-corrected chi connectivity index (χ4v) is 2.97. The van der Waals surface area contributed by atoms with Gasteiger partial charge in [0.15, 0.2) is 0 Å². The Morgan fingerprint density at radius 3 is 2.33 bits per heavy atom. The van der Waals surface area contributed by atoms with Crippen molar-refractivity contribution in [2.75, 3.05) is 20.6 Å². The molecule has 27 heavy (non-hydrogen) atoms. The molecule has 0 aromatic heterocycles. The van der Waals surface area contributed by atoms with Crippen molar-refractivity contribution in [3.63, 3.8) is 0 Å². The highest BCUT2D eigenvalue weighted by Crippen LogP contribution is 2.39. The predicted molar refractivity (Wildman–Crippen MR) is 109 cm³/mol. The lowest BCUT2D eigenvalue weighted by molar-refractivity contribution is -0.0317. The quantitative estimate of drug-likeness (QED) is 0.713. The molecule has 0 amide bonds. The summed E-state index contributed by atoms with van der Waals surface area (Å²) in [5, 5.41) is 8.91. The summed E-state index contributed by atoms with van der Waals surface area (Å²) in [6, 6.07) is 16.0. The Hall–Kier alpha value is -2.22. The Balaban J connectivity index is 0.000000338. The van der Waals surface area contributed by atoms with Crippen LogP contribution in [-0.2, 0) is 16.9 Å². The molecule has 0 bridgehead atoms. The molecule has 1 aliphatic rings.